The van der Waals surface area contributed by atoms with E-state index < -0.39 is 0 Å². The summed E-state index contributed by atoms with van der Waals surface area (Å²) < 4.78 is 6.70. The highest BCUT2D eigenvalue weighted by Crippen LogP contribution is 2.76. The van der Waals surface area contributed by atoms with Crippen molar-refractivity contribution in [3.8, 4) is 0 Å². The van der Waals surface area contributed by atoms with E-state index in [1.165, 1.54) is 51.4 Å². The SMILES string of the molecule is CC1CC(=O)C(C)(C)[C@@H]2CC[C@]3(C)[C@H](CC[C@@H]4C5[C@@H]6OCC5(CCC6(C)C)CC[C@]43C)C12. The van der Waals surface area contributed by atoms with Crippen LogP contribution in [0.15, 0.2) is 0 Å². The number of ketones is 1. The molecular weight excluding hydrogens is 392 g/mol. The molecule has 2 nitrogen and oxygen atoms in total. The summed E-state index contributed by atoms with van der Waals surface area (Å²) in [6.45, 7) is 18.4. The smallest absolute Gasteiger partial charge is 0.139 e. The molecule has 10 atom stereocenters. The molecule has 1 aliphatic heterocycles. The van der Waals surface area contributed by atoms with Gasteiger partial charge >= 0.3 is 0 Å². The number of hydrogen-bond acceptors (Lipinski definition) is 2. The Morgan fingerprint density at radius 3 is 2.19 bits per heavy atom. The zero-order valence-corrected chi connectivity index (χ0v) is 21.9. The van der Waals surface area contributed by atoms with Gasteiger partial charge in [-0.15, -0.1) is 0 Å². The maximum absolute atomic E-state index is 13.0. The Hall–Kier alpha value is -0.370. The van der Waals surface area contributed by atoms with Crippen molar-refractivity contribution in [2.75, 3.05) is 6.61 Å². The molecule has 0 aromatic carbocycles. The summed E-state index contributed by atoms with van der Waals surface area (Å²) in [5.74, 6) is 4.85. The minimum absolute atomic E-state index is 0.118. The van der Waals surface area contributed by atoms with Crippen LogP contribution in [0.5, 0.6) is 0 Å². The molecule has 4 unspecified atom stereocenters. The van der Waals surface area contributed by atoms with E-state index in [1.54, 1.807) is 0 Å². The van der Waals surface area contributed by atoms with Crippen LogP contribution in [0.3, 0.4) is 0 Å². The number of carbonyl (C=O) groups excluding carboxylic acids is 1. The third-order valence-electron chi connectivity index (χ3n) is 13.6. The first kappa shape index (κ1) is 22.1. The normalized spacial score (nSPS) is 57.7. The predicted octanol–water partition coefficient (Wildman–Crippen LogP) is 7.30. The van der Waals surface area contributed by atoms with Crippen molar-refractivity contribution in [2.24, 2.45) is 62.6 Å². The lowest BCUT2D eigenvalue weighted by Gasteiger charge is -2.71. The fourth-order valence-electron chi connectivity index (χ4n) is 11.4. The van der Waals surface area contributed by atoms with E-state index >= 15 is 0 Å². The molecule has 0 aromatic heterocycles. The first-order valence-electron chi connectivity index (χ1n) is 14.0. The Morgan fingerprint density at radius 1 is 0.781 bits per heavy atom. The Labute approximate surface area is 197 Å². The van der Waals surface area contributed by atoms with Gasteiger partial charge in [-0.3, -0.25) is 4.79 Å². The van der Waals surface area contributed by atoms with Crippen molar-refractivity contribution >= 4 is 5.78 Å². The van der Waals surface area contributed by atoms with Gasteiger partial charge in [-0.1, -0.05) is 48.5 Å². The molecule has 6 aliphatic rings. The molecule has 180 valence electrons. The van der Waals surface area contributed by atoms with Crippen molar-refractivity contribution < 1.29 is 9.53 Å². The average Bonchev–Trinajstić information content (AvgIpc) is 3.05. The van der Waals surface area contributed by atoms with Crippen LogP contribution in [0.25, 0.3) is 0 Å². The number of Topliss-reactive ketones (excluding diaryl/α,β-unsaturated/α-hetero) is 1. The Bertz CT molecular complexity index is 827. The highest BCUT2D eigenvalue weighted by Gasteiger charge is 2.71. The topological polar surface area (TPSA) is 26.3 Å². The maximum Gasteiger partial charge on any atom is 0.139 e. The van der Waals surface area contributed by atoms with Crippen LogP contribution in [-0.2, 0) is 9.53 Å². The van der Waals surface area contributed by atoms with E-state index in [0.717, 1.165) is 36.7 Å². The second-order valence-corrected chi connectivity index (χ2v) is 15.3. The number of rotatable bonds is 0. The zero-order chi connectivity index (χ0) is 22.9. The maximum atomic E-state index is 13.0. The van der Waals surface area contributed by atoms with E-state index in [-0.39, 0.29) is 5.41 Å². The fraction of sp³-hybridized carbons (Fsp3) is 0.967. The van der Waals surface area contributed by atoms with Crippen LogP contribution in [0.1, 0.15) is 106 Å². The van der Waals surface area contributed by atoms with Gasteiger partial charge < -0.3 is 4.74 Å². The molecule has 2 heteroatoms. The van der Waals surface area contributed by atoms with Crippen LogP contribution in [-0.4, -0.2) is 18.5 Å². The van der Waals surface area contributed by atoms with Crippen LogP contribution >= 0.6 is 0 Å². The van der Waals surface area contributed by atoms with E-state index in [0.29, 0.717) is 45.4 Å². The molecule has 1 saturated heterocycles. The third kappa shape index (κ3) is 2.45. The van der Waals surface area contributed by atoms with E-state index in [9.17, 15) is 4.79 Å². The lowest BCUT2D eigenvalue weighted by Crippen LogP contribution is -2.66. The van der Waals surface area contributed by atoms with E-state index in [4.69, 9.17) is 4.74 Å². The van der Waals surface area contributed by atoms with Crippen LogP contribution in [0.2, 0.25) is 0 Å². The van der Waals surface area contributed by atoms with Crippen LogP contribution in [0.4, 0.5) is 0 Å². The minimum Gasteiger partial charge on any atom is -0.377 e. The van der Waals surface area contributed by atoms with Crippen LogP contribution in [0, 0.1) is 62.6 Å². The molecule has 0 aromatic rings. The predicted molar refractivity (Wildman–Crippen MR) is 129 cm³/mol. The molecule has 0 N–H and O–H groups in total. The highest BCUT2D eigenvalue weighted by molar-refractivity contribution is 5.85. The fourth-order valence-corrected chi connectivity index (χ4v) is 11.4. The quantitative estimate of drug-likeness (QED) is 0.395. The third-order valence-corrected chi connectivity index (χ3v) is 13.6. The molecule has 0 radical (unpaired) electrons. The summed E-state index contributed by atoms with van der Waals surface area (Å²) in [5.41, 5.74) is 1.55. The second-order valence-electron chi connectivity index (χ2n) is 15.3. The first-order chi connectivity index (χ1) is 14.9. The van der Waals surface area contributed by atoms with Gasteiger partial charge in [0.15, 0.2) is 0 Å². The lowest BCUT2D eigenvalue weighted by atomic mass is 9.33. The van der Waals surface area contributed by atoms with Gasteiger partial charge in [-0.05, 0) is 109 Å². The number of ether oxygens (including phenoxy) is 1. The first-order valence-corrected chi connectivity index (χ1v) is 14.0. The molecule has 0 spiro atoms. The zero-order valence-electron chi connectivity index (χ0n) is 21.9. The van der Waals surface area contributed by atoms with Gasteiger partial charge in [-0.2, -0.15) is 0 Å². The summed E-state index contributed by atoms with van der Waals surface area (Å²) in [7, 11) is 0. The van der Waals surface area contributed by atoms with Crippen molar-refractivity contribution in [1.29, 1.82) is 0 Å². The number of fused-ring (bicyclic) bond motifs is 5. The summed E-state index contributed by atoms with van der Waals surface area (Å²) in [5, 5.41) is 0. The molecule has 5 aliphatic carbocycles. The summed E-state index contributed by atoms with van der Waals surface area (Å²) in [4.78, 5) is 13.0. The standard InChI is InChI=1S/C30H48O2/c1-18-16-22(31)27(4,5)19-10-11-28(6)20(23(18)19)8-9-21-24-25-26(2,3)12-14-30(24,17-32-25)15-13-29(21,28)7/h18-21,23-25H,8-17H2,1-7H3/t18?,19-,20-,21-,23?,24?,25+,28-,29-,30?/m1/s1. The van der Waals surface area contributed by atoms with E-state index in [2.05, 4.69) is 48.5 Å². The van der Waals surface area contributed by atoms with Gasteiger partial charge in [0.25, 0.3) is 0 Å². The van der Waals surface area contributed by atoms with Crippen LogP contribution < -0.4 is 0 Å². The van der Waals surface area contributed by atoms with Gasteiger partial charge in [-0.25, -0.2) is 0 Å². The molecule has 2 bridgehead atoms. The van der Waals surface area contributed by atoms with Gasteiger partial charge in [0.1, 0.15) is 5.78 Å². The van der Waals surface area contributed by atoms with E-state index in [1.807, 2.05) is 0 Å². The molecular formula is C30H48O2. The van der Waals surface area contributed by atoms with Crippen molar-refractivity contribution in [3.63, 3.8) is 0 Å². The minimum atomic E-state index is -0.118. The molecule has 6 rings (SSSR count). The van der Waals surface area contributed by atoms with Gasteiger partial charge in [0, 0.05) is 11.8 Å². The molecule has 6 fully saturated rings. The molecule has 0 amide bonds. The monoisotopic (exact) mass is 440 g/mol. The van der Waals surface area contributed by atoms with Gasteiger partial charge in [0.2, 0.25) is 0 Å². The second kappa shape index (κ2) is 6.44. The molecule has 1 heterocycles. The van der Waals surface area contributed by atoms with Crippen molar-refractivity contribution in [2.45, 2.75) is 112 Å². The lowest BCUT2D eigenvalue weighted by molar-refractivity contribution is -0.223. The number of hydrogen-bond donors (Lipinski definition) is 0. The largest absolute Gasteiger partial charge is 0.377 e. The summed E-state index contributed by atoms with van der Waals surface area (Å²) >= 11 is 0. The summed E-state index contributed by atoms with van der Waals surface area (Å²) in [6, 6.07) is 0. The van der Waals surface area contributed by atoms with Crippen molar-refractivity contribution in [3.05, 3.63) is 0 Å². The highest BCUT2D eigenvalue weighted by atomic mass is 16.5. The average molecular weight is 441 g/mol. The van der Waals surface area contributed by atoms with Gasteiger partial charge in [0.05, 0.1) is 12.7 Å². The molecule has 5 saturated carbocycles. The number of carbonyl (C=O) groups is 1. The molecule has 32 heavy (non-hydrogen) atoms. The summed E-state index contributed by atoms with van der Waals surface area (Å²) in [6.07, 6.45) is 12.2. The Balaban J connectivity index is 1.39. The van der Waals surface area contributed by atoms with Crippen molar-refractivity contribution in [1.82, 2.24) is 0 Å². The Kier molecular flexibility index (Phi) is 4.45. The Morgan fingerprint density at radius 2 is 1.44 bits per heavy atom.